The fourth-order valence-electron chi connectivity index (χ4n) is 2.48. The Kier molecular flexibility index (Phi) is 3.77. The molecule has 3 heteroatoms. The van der Waals surface area contributed by atoms with E-state index in [1.165, 1.54) is 19.3 Å². The molecule has 1 aliphatic rings. The Morgan fingerprint density at radius 3 is 2.88 bits per heavy atom. The molecule has 94 valence electrons. The topological polar surface area (TPSA) is 47.3 Å². The molecule has 1 fully saturated rings. The van der Waals surface area contributed by atoms with E-state index in [-0.39, 0.29) is 0 Å². The first kappa shape index (κ1) is 12.1. The lowest BCUT2D eigenvalue weighted by atomic mass is 10.1. The van der Waals surface area contributed by atoms with Crippen molar-refractivity contribution in [1.82, 2.24) is 0 Å². The number of nitrogens with two attached hydrogens (primary N) is 1. The van der Waals surface area contributed by atoms with Crippen molar-refractivity contribution in [2.45, 2.75) is 39.2 Å². The Labute approximate surface area is 103 Å². The summed E-state index contributed by atoms with van der Waals surface area (Å²) in [5.74, 6) is 1.62. The normalized spacial score (nSPS) is 23.6. The van der Waals surface area contributed by atoms with E-state index in [0.29, 0.717) is 18.3 Å². The summed E-state index contributed by atoms with van der Waals surface area (Å²) in [4.78, 5) is 0. The second-order valence-electron chi connectivity index (χ2n) is 4.95. The molecule has 0 heterocycles. The van der Waals surface area contributed by atoms with Crippen molar-refractivity contribution < 1.29 is 4.74 Å². The molecular weight excluding hydrogens is 212 g/mol. The van der Waals surface area contributed by atoms with E-state index in [2.05, 4.69) is 12.2 Å². The summed E-state index contributed by atoms with van der Waals surface area (Å²) in [6.07, 6.45) is 3.84. The van der Waals surface area contributed by atoms with Crippen LogP contribution in [0.25, 0.3) is 0 Å². The molecule has 2 atom stereocenters. The Morgan fingerprint density at radius 2 is 2.24 bits per heavy atom. The van der Waals surface area contributed by atoms with Crippen molar-refractivity contribution in [3.63, 3.8) is 0 Å². The van der Waals surface area contributed by atoms with Gasteiger partial charge in [-0.25, -0.2) is 0 Å². The van der Waals surface area contributed by atoms with Gasteiger partial charge < -0.3 is 15.8 Å². The first-order valence-corrected chi connectivity index (χ1v) is 6.48. The maximum atomic E-state index is 5.85. The average molecular weight is 234 g/mol. The van der Waals surface area contributed by atoms with Gasteiger partial charge in [-0.2, -0.15) is 0 Å². The van der Waals surface area contributed by atoms with Crippen molar-refractivity contribution in [1.29, 1.82) is 0 Å². The predicted molar refractivity (Wildman–Crippen MR) is 72.4 cm³/mol. The molecule has 0 saturated heterocycles. The smallest absolute Gasteiger partial charge is 0.144 e. The fourth-order valence-corrected chi connectivity index (χ4v) is 2.48. The second-order valence-corrected chi connectivity index (χ2v) is 4.95. The highest BCUT2D eigenvalue weighted by Crippen LogP contribution is 2.30. The van der Waals surface area contributed by atoms with Gasteiger partial charge in [0, 0.05) is 17.8 Å². The van der Waals surface area contributed by atoms with Crippen LogP contribution < -0.4 is 15.8 Å². The summed E-state index contributed by atoms with van der Waals surface area (Å²) in [6, 6.07) is 6.54. The lowest BCUT2D eigenvalue weighted by Gasteiger charge is -2.16. The molecule has 3 N–H and O–H groups in total. The minimum atomic E-state index is 0.600. The molecule has 0 spiro atoms. The van der Waals surface area contributed by atoms with E-state index in [0.717, 1.165) is 17.4 Å². The number of nitrogens with one attached hydrogen (secondary N) is 1. The zero-order chi connectivity index (χ0) is 12.3. The highest BCUT2D eigenvalue weighted by atomic mass is 16.5. The van der Waals surface area contributed by atoms with Crippen molar-refractivity contribution in [2.24, 2.45) is 5.92 Å². The van der Waals surface area contributed by atoms with E-state index in [9.17, 15) is 0 Å². The summed E-state index contributed by atoms with van der Waals surface area (Å²) >= 11 is 0. The summed E-state index contributed by atoms with van der Waals surface area (Å²) in [6.45, 7) is 4.93. The average Bonchev–Trinajstić information content (AvgIpc) is 2.69. The number of hydrogen-bond donors (Lipinski definition) is 2. The highest BCUT2D eigenvalue weighted by molar-refractivity contribution is 5.61. The SMILES string of the molecule is CCOc1cc(NC2CCC(C)C2)ccc1N. The zero-order valence-corrected chi connectivity index (χ0v) is 10.7. The number of ether oxygens (including phenoxy) is 1. The Balaban J connectivity index is 2.03. The van der Waals surface area contributed by atoms with Crippen LogP contribution in [0.15, 0.2) is 18.2 Å². The minimum absolute atomic E-state index is 0.600. The molecule has 3 nitrogen and oxygen atoms in total. The highest BCUT2D eigenvalue weighted by Gasteiger charge is 2.21. The van der Waals surface area contributed by atoms with Gasteiger partial charge in [-0.3, -0.25) is 0 Å². The van der Waals surface area contributed by atoms with Crippen molar-refractivity contribution >= 4 is 11.4 Å². The molecule has 1 aromatic carbocycles. The van der Waals surface area contributed by atoms with Crippen LogP contribution in [0.4, 0.5) is 11.4 Å². The third-order valence-electron chi connectivity index (χ3n) is 3.38. The molecule has 2 rings (SSSR count). The maximum Gasteiger partial charge on any atom is 0.144 e. The van der Waals surface area contributed by atoms with Crippen molar-refractivity contribution in [3.05, 3.63) is 18.2 Å². The van der Waals surface area contributed by atoms with Gasteiger partial charge in [0.1, 0.15) is 5.75 Å². The second kappa shape index (κ2) is 5.30. The van der Waals surface area contributed by atoms with E-state index in [1.807, 2.05) is 25.1 Å². The standard InChI is InChI=1S/C14H22N2O/c1-3-17-14-9-12(6-7-13(14)15)16-11-5-4-10(2)8-11/h6-7,9-11,16H,3-5,8,15H2,1-2H3. The third kappa shape index (κ3) is 3.05. The minimum Gasteiger partial charge on any atom is -0.492 e. The predicted octanol–water partition coefficient (Wildman–Crippen LogP) is 3.27. The van der Waals surface area contributed by atoms with Crippen LogP contribution in [0.2, 0.25) is 0 Å². The molecule has 17 heavy (non-hydrogen) atoms. The first-order chi connectivity index (χ1) is 8.19. The Morgan fingerprint density at radius 1 is 1.41 bits per heavy atom. The molecule has 0 bridgehead atoms. The van der Waals surface area contributed by atoms with Crippen LogP contribution in [0.3, 0.4) is 0 Å². The maximum absolute atomic E-state index is 5.85. The van der Waals surface area contributed by atoms with Gasteiger partial charge in [-0.15, -0.1) is 0 Å². The van der Waals surface area contributed by atoms with Crippen LogP contribution in [0.5, 0.6) is 5.75 Å². The monoisotopic (exact) mass is 234 g/mol. The number of benzene rings is 1. The Hall–Kier alpha value is -1.38. The molecule has 2 unspecified atom stereocenters. The largest absolute Gasteiger partial charge is 0.492 e. The molecule has 0 aliphatic heterocycles. The van der Waals surface area contributed by atoms with Crippen LogP contribution in [-0.4, -0.2) is 12.6 Å². The van der Waals surface area contributed by atoms with Gasteiger partial charge in [0.05, 0.1) is 12.3 Å². The fraction of sp³-hybridized carbons (Fsp3) is 0.571. The van der Waals surface area contributed by atoms with E-state index in [4.69, 9.17) is 10.5 Å². The molecule has 0 amide bonds. The zero-order valence-electron chi connectivity index (χ0n) is 10.7. The van der Waals surface area contributed by atoms with Crippen LogP contribution >= 0.6 is 0 Å². The van der Waals surface area contributed by atoms with Crippen LogP contribution in [0, 0.1) is 5.92 Å². The lowest BCUT2D eigenvalue weighted by Crippen LogP contribution is -2.15. The molecular formula is C14H22N2O. The van der Waals surface area contributed by atoms with Crippen LogP contribution in [0.1, 0.15) is 33.1 Å². The number of nitrogen functional groups attached to an aromatic ring is 1. The van der Waals surface area contributed by atoms with Gasteiger partial charge in [0.15, 0.2) is 0 Å². The van der Waals surface area contributed by atoms with E-state index >= 15 is 0 Å². The number of anilines is 2. The van der Waals surface area contributed by atoms with E-state index < -0.39 is 0 Å². The summed E-state index contributed by atoms with van der Waals surface area (Å²) in [5, 5.41) is 3.56. The summed E-state index contributed by atoms with van der Waals surface area (Å²) < 4.78 is 5.50. The van der Waals surface area contributed by atoms with E-state index in [1.54, 1.807) is 0 Å². The summed E-state index contributed by atoms with van der Waals surface area (Å²) in [7, 11) is 0. The van der Waals surface area contributed by atoms with Crippen LogP contribution in [-0.2, 0) is 0 Å². The lowest BCUT2D eigenvalue weighted by molar-refractivity contribution is 0.342. The quantitative estimate of drug-likeness (QED) is 0.786. The third-order valence-corrected chi connectivity index (χ3v) is 3.38. The van der Waals surface area contributed by atoms with Gasteiger partial charge in [-0.1, -0.05) is 6.92 Å². The number of hydrogen-bond acceptors (Lipinski definition) is 3. The first-order valence-electron chi connectivity index (χ1n) is 6.48. The Bertz CT molecular complexity index is 378. The van der Waals surface area contributed by atoms with Crippen molar-refractivity contribution in [2.75, 3.05) is 17.7 Å². The van der Waals surface area contributed by atoms with Gasteiger partial charge >= 0.3 is 0 Å². The summed E-state index contributed by atoms with van der Waals surface area (Å²) in [5.41, 5.74) is 7.67. The number of rotatable bonds is 4. The molecule has 0 aromatic heterocycles. The van der Waals surface area contributed by atoms with Gasteiger partial charge in [0.25, 0.3) is 0 Å². The molecule has 0 radical (unpaired) electrons. The van der Waals surface area contributed by atoms with Gasteiger partial charge in [0.2, 0.25) is 0 Å². The van der Waals surface area contributed by atoms with Gasteiger partial charge in [-0.05, 0) is 44.2 Å². The molecule has 1 saturated carbocycles. The molecule has 1 aromatic rings. The van der Waals surface area contributed by atoms with Crippen molar-refractivity contribution in [3.8, 4) is 5.75 Å². The molecule has 1 aliphatic carbocycles.